The number of carbonyl (C=O) groups is 2. The standard InChI is InChI=1S/C24H21N3O5S/c1-13-5-4-6-16-17(11-25-24(13)16)22-19(28)10-20(29)23(22)21-14(2)26-27-8-7-15(9-18(21)27)12-32-33(3,30)31/h4-9,11,25H,10,12H2,1-3H3. The lowest BCUT2D eigenvalue weighted by Crippen LogP contribution is -2.03. The van der Waals surface area contributed by atoms with Gasteiger partial charge in [-0.3, -0.25) is 13.8 Å². The van der Waals surface area contributed by atoms with Gasteiger partial charge in [-0.05, 0) is 37.1 Å². The Bertz CT molecular complexity index is 1620. The molecular formula is C24H21N3O5S. The van der Waals surface area contributed by atoms with E-state index in [1.165, 1.54) is 0 Å². The third-order valence-electron chi connectivity index (χ3n) is 5.89. The quantitative estimate of drug-likeness (QED) is 0.359. The highest BCUT2D eigenvalue weighted by Crippen LogP contribution is 2.41. The number of aromatic nitrogens is 3. The van der Waals surface area contributed by atoms with Gasteiger partial charge in [0.15, 0.2) is 11.6 Å². The monoisotopic (exact) mass is 463 g/mol. The fourth-order valence-corrected chi connectivity index (χ4v) is 4.79. The van der Waals surface area contributed by atoms with Gasteiger partial charge in [0.25, 0.3) is 10.1 Å². The molecule has 1 N–H and O–H groups in total. The molecule has 8 nitrogen and oxygen atoms in total. The largest absolute Gasteiger partial charge is 0.360 e. The van der Waals surface area contributed by atoms with Crippen molar-refractivity contribution in [3.8, 4) is 0 Å². The van der Waals surface area contributed by atoms with E-state index in [0.29, 0.717) is 39.0 Å². The van der Waals surface area contributed by atoms with Crippen LogP contribution in [0.4, 0.5) is 0 Å². The number of ketones is 2. The van der Waals surface area contributed by atoms with Crippen LogP contribution in [-0.2, 0) is 30.5 Å². The normalized spacial score (nSPS) is 14.9. The summed E-state index contributed by atoms with van der Waals surface area (Å²) in [4.78, 5) is 29.4. The summed E-state index contributed by atoms with van der Waals surface area (Å²) in [5.74, 6) is -0.486. The van der Waals surface area contributed by atoms with Gasteiger partial charge < -0.3 is 4.98 Å². The maximum absolute atomic E-state index is 13.1. The molecule has 3 heterocycles. The van der Waals surface area contributed by atoms with E-state index in [9.17, 15) is 18.0 Å². The van der Waals surface area contributed by atoms with Gasteiger partial charge in [0, 0.05) is 45.6 Å². The second-order valence-corrected chi connectivity index (χ2v) is 9.91. The minimum Gasteiger partial charge on any atom is -0.360 e. The van der Waals surface area contributed by atoms with Crippen molar-refractivity contribution in [2.45, 2.75) is 26.9 Å². The molecule has 1 aliphatic rings. The molecule has 1 aromatic carbocycles. The zero-order chi connectivity index (χ0) is 23.5. The average Bonchev–Trinajstić information content (AvgIpc) is 3.38. The van der Waals surface area contributed by atoms with Crippen molar-refractivity contribution < 1.29 is 22.2 Å². The summed E-state index contributed by atoms with van der Waals surface area (Å²) in [6.45, 7) is 3.63. The van der Waals surface area contributed by atoms with Crippen molar-refractivity contribution in [1.82, 2.24) is 14.6 Å². The topological polar surface area (TPSA) is 111 Å². The molecule has 0 saturated heterocycles. The molecule has 0 bridgehead atoms. The summed E-state index contributed by atoms with van der Waals surface area (Å²) < 4.78 is 29.3. The summed E-state index contributed by atoms with van der Waals surface area (Å²) in [7, 11) is -3.61. The number of hydrogen-bond donors (Lipinski definition) is 1. The van der Waals surface area contributed by atoms with Crippen LogP contribution in [0.5, 0.6) is 0 Å². The van der Waals surface area contributed by atoms with E-state index in [0.717, 1.165) is 22.7 Å². The molecule has 4 aromatic rings. The Labute approximate surface area is 190 Å². The van der Waals surface area contributed by atoms with Gasteiger partial charge in [-0.25, -0.2) is 4.52 Å². The highest BCUT2D eigenvalue weighted by Gasteiger charge is 2.36. The van der Waals surface area contributed by atoms with Crippen LogP contribution in [0.15, 0.2) is 42.7 Å². The summed E-state index contributed by atoms with van der Waals surface area (Å²) in [6, 6.07) is 9.27. The molecule has 9 heteroatoms. The van der Waals surface area contributed by atoms with Crippen molar-refractivity contribution in [2.24, 2.45) is 0 Å². The summed E-state index contributed by atoms with van der Waals surface area (Å²) in [5.41, 5.74) is 5.76. The van der Waals surface area contributed by atoms with E-state index in [-0.39, 0.29) is 24.6 Å². The van der Waals surface area contributed by atoms with Gasteiger partial charge in [-0.1, -0.05) is 18.2 Å². The summed E-state index contributed by atoms with van der Waals surface area (Å²) in [5, 5.41) is 5.39. The molecule has 3 aromatic heterocycles. The van der Waals surface area contributed by atoms with E-state index < -0.39 is 10.1 Å². The van der Waals surface area contributed by atoms with E-state index in [1.54, 1.807) is 36.0 Å². The molecule has 5 rings (SSSR count). The lowest BCUT2D eigenvalue weighted by molar-refractivity contribution is -0.119. The van der Waals surface area contributed by atoms with Crippen molar-refractivity contribution >= 4 is 49.3 Å². The van der Waals surface area contributed by atoms with Gasteiger partial charge in [-0.15, -0.1) is 0 Å². The maximum atomic E-state index is 13.1. The first-order chi connectivity index (χ1) is 15.6. The lowest BCUT2D eigenvalue weighted by atomic mass is 9.94. The molecule has 0 unspecified atom stereocenters. The molecule has 168 valence electrons. The molecule has 0 atom stereocenters. The highest BCUT2D eigenvalue weighted by molar-refractivity contribution is 7.85. The van der Waals surface area contributed by atoms with Crippen LogP contribution in [0, 0.1) is 13.8 Å². The van der Waals surface area contributed by atoms with Gasteiger partial charge in [0.05, 0.1) is 30.5 Å². The number of pyridine rings is 1. The first-order valence-electron chi connectivity index (χ1n) is 10.3. The number of aromatic amines is 1. The first kappa shape index (κ1) is 21.3. The molecule has 0 aliphatic heterocycles. The van der Waals surface area contributed by atoms with E-state index in [1.807, 2.05) is 25.1 Å². The molecular weight excluding hydrogens is 442 g/mol. The average molecular weight is 464 g/mol. The van der Waals surface area contributed by atoms with Gasteiger partial charge in [0.2, 0.25) is 0 Å². The number of hydrogen-bond acceptors (Lipinski definition) is 6. The van der Waals surface area contributed by atoms with Crippen LogP contribution in [0.1, 0.15) is 34.4 Å². The zero-order valence-corrected chi connectivity index (χ0v) is 19.1. The van der Waals surface area contributed by atoms with Crippen LogP contribution in [0.25, 0.3) is 27.6 Å². The smallest absolute Gasteiger partial charge is 0.264 e. The number of allylic oxidation sites excluding steroid dienone is 2. The van der Waals surface area contributed by atoms with Crippen molar-refractivity contribution in [3.05, 3.63) is 70.7 Å². The number of fused-ring (bicyclic) bond motifs is 2. The Hall–Kier alpha value is -3.56. The SMILES string of the molecule is Cc1nn2ccc(COS(C)(=O)=O)cc2c1C1=C(c2c[nH]c3c(C)cccc23)C(=O)CC1=O. The van der Waals surface area contributed by atoms with Crippen molar-refractivity contribution in [1.29, 1.82) is 0 Å². The maximum Gasteiger partial charge on any atom is 0.264 e. The number of nitrogens with one attached hydrogen (secondary N) is 1. The van der Waals surface area contributed by atoms with Crippen LogP contribution in [-0.4, -0.2) is 40.8 Å². The number of H-pyrrole nitrogens is 1. The Morgan fingerprint density at radius 3 is 2.64 bits per heavy atom. The number of aryl methyl sites for hydroxylation is 2. The number of Topliss-reactive ketones (excluding diaryl/α,β-unsaturated/α-hetero) is 2. The number of rotatable bonds is 5. The van der Waals surface area contributed by atoms with E-state index >= 15 is 0 Å². The van der Waals surface area contributed by atoms with Gasteiger partial charge >= 0.3 is 0 Å². The third kappa shape index (κ3) is 3.59. The minimum atomic E-state index is -3.61. The fourth-order valence-electron chi connectivity index (χ4n) is 4.44. The Morgan fingerprint density at radius 2 is 1.88 bits per heavy atom. The second-order valence-electron chi connectivity index (χ2n) is 8.26. The summed E-state index contributed by atoms with van der Waals surface area (Å²) in [6.07, 6.45) is 4.25. The van der Waals surface area contributed by atoms with Crippen LogP contribution in [0.3, 0.4) is 0 Å². The molecule has 0 saturated carbocycles. The predicted molar refractivity (Wildman–Crippen MR) is 124 cm³/mol. The number of nitrogens with zero attached hydrogens (tertiary/aromatic N) is 2. The van der Waals surface area contributed by atoms with E-state index in [4.69, 9.17) is 4.18 Å². The number of para-hydroxylation sites is 1. The molecule has 0 spiro atoms. The zero-order valence-electron chi connectivity index (χ0n) is 18.3. The Balaban J connectivity index is 1.75. The van der Waals surface area contributed by atoms with Gasteiger partial charge in [0.1, 0.15) is 0 Å². The lowest BCUT2D eigenvalue weighted by Gasteiger charge is -2.07. The van der Waals surface area contributed by atoms with E-state index in [2.05, 4.69) is 10.1 Å². The van der Waals surface area contributed by atoms with Crippen LogP contribution < -0.4 is 0 Å². The van der Waals surface area contributed by atoms with Crippen molar-refractivity contribution in [3.63, 3.8) is 0 Å². The summed E-state index contributed by atoms with van der Waals surface area (Å²) >= 11 is 0. The Morgan fingerprint density at radius 1 is 1.12 bits per heavy atom. The molecule has 0 fully saturated rings. The fraction of sp³-hybridized carbons (Fsp3) is 0.208. The molecule has 1 aliphatic carbocycles. The first-order valence-corrected chi connectivity index (χ1v) is 12.2. The number of benzene rings is 1. The minimum absolute atomic E-state index is 0.139. The van der Waals surface area contributed by atoms with Crippen LogP contribution in [0.2, 0.25) is 0 Å². The molecule has 0 amide bonds. The molecule has 33 heavy (non-hydrogen) atoms. The predicted octanol–water partition coefficient (Wildman–Crippen LogP) is 3.36. The second kappa shape index (κ2) is 7.50. The third-order valence-corrected chi connectivity index (χ3v) is 6.43. The van der Waals surface area contributed by atoms with Crippen LogP contribution >= 0.6 is 0 Å². The number of carbonyl (C=O) groups excluding carboxylic acids is 2. The molecule has 0 radical (unpaired) electrons. The van der Waals surface area contributed by atoms with Gasteiger partial charge in [-0.2, -0.15) is 13.5 Å². The van der Waals surface area contributed by atoms with Crippen molar-refractivity contribution in [2.75, 3.05) is 6.26 Å². The highest BCUT2D eigenvalue weighted by atomic mass is 32.2. The Kier molecular flexibility index (Phi) is 4.84.